The van der Waals surface area contributed by atoms with Crippen molar-refractivity contribution in [2.24, 2.45) is 4.99 Å². The summed E-state index contributed by atoms with van der Waals surface area (Å²) in [5, 5.41) is 11.8. The average molecular weight is 576 g/mol. The molecule has 1 aliphatic heterocycles. The highest BCUT2D eigenvalue weighted by atomic mass is 127. The average Bonchev–Trinajstić information content (AvgIpc) is 3.27. The number of benzene rings is 1. The van der Waals surface area contributed by atoms with Crippen molar-refractivity contribution < 1.29 is 9.26 Å². The Morgan fingerprint density at radius 3 is 2.47 bits per heavy atom. The van der Waals surface area contributed by atoms with Crippen LogP contribution in [0.15, 0.2) is 39.8 Å². The Morgan fingerprint density at radius 2 is 1.84 bits per heavy atom. The highest BCUT2D eigenvalue weighted by molar-refractivity contribution is 14.0. The van der Waals surface area contributed by atoms with Gasteiger partial charge < -0.3 is 19.9 Å². The Morgan fingerprint density at radius 1 is 1.16 bits per heavy atom. The molecule has 7 nitrogen and oxygen atoms in total. The topological polar surface area (TPSA) is 74.9 Å². The van der Waals surface area contributed by atoms with Crippen LogP contribution in [0.25, 0.3) is 0 Å². The molecule has 1 saturated heterocycles. The number of halogens is 2. The lowest BCUT2D eigenvalue weighted by Gasteiger charge is -2.35. The summed E-state index contributed by atoms with van der Waals surface area (Å²) in [7, 11) is 1.78. The Hall–Kier alpha value is -1.36. The Kier molecular flexibility index (Phi) is 11.8. The van der Waals surface area contributed by atoms with E-state index in [1.807, 2.05) is 18.2 Å². The fourth-order valence-corrected chi connectivity index (χ4v) is 4.05. The molecular formula is C23H35ClIN5O2. The number of morpholine rings is 1. The molecule has 1 aliphatic rings. The van der Waals surface area contributed by atoms with E-state index in [1.54, 1.807) is 7.05 Å². The molecule has 1 aromatic heterocycles. The molecule has 0 bridgehead atoms. The van der Waals surface area contributed by atoms with Gasteiger partial charge in [0.15, 0.2) is 11.7 Å². The zero-order valence-electron chi connectivity index (χ0n) is 19.1. The smallest absolute Gasteiger partial charge is 0.191 e. The number of hydrogen-bond donors (Lipinski definition) is 2. The van der Waals surface area contributed by atoms with Crippen molar-refractivity contribution in [1.82, 2.24) is 20.7 Å². The summed E-state index contributed by atoms with van der Waals surface area (Å²) in [5.41, 5.74) is 2.25. The fourth-order valence-electron chi connectivity index (χ4n) is 3.93. The molecule has 1 fully saturated rings. The maximum atomic E-state index is 6.10. The van der Waals surface area contributed by atoms with Crippen molar-refractivity contribution in [3.63, 3.8) is 0 Å². The van der Waals surface area contributed by atoms with Gasteiger partial charge in [-0.05, 0) is 30.5 Å². The van der Waals surface area contributed by atoms with E-state index in [-0.39, 0.29) is 30.0 Å². The van der Waals surface area contributed by atoms with Gasteiger partial charge in [-0.3, -0.25) is 9.89 Å². The molecule has 0 aliphatic carbocycles. The van der Waals surface area contributed by atoms with Gasteiger partial charge in [0.2, 0.25) is 0 Å². The number of aromatic nitrogens is 1. The highest BCUT2D eigenvalue weighted by Gasteiger charge is 2.23. The van der Waals surface area contributed by atoms with E-state index in [0.29, 0.717) is 12.5 Å². The number of rotatable bonds is 9. The zero-order valence-corrected chi connectivity index (χ0v) is 22.2. The summed E-state index contributed by atoms with van der Waals surface area (Å²) in [6.07, 6.45) is 2.12. The van der Waals surface area contributed by atoms with Crippen LogP contribution >= 0.6 is 35.6 Å². The second kappa shape index (κ2) is 14.0. The van der Waals surface area contributed by atoms with Crippen LogP contribution < -0.4 is 10.6 Å². The summed E-state index contributed by atoms with van der Waals surface area (Å²) in [6, 6.07) is 10.3. The molecule has 0 saturated carbocycles. The highest BCUT2D eigenvalue weighted by Crippen LogP contribution is 2.24. The largest absolute Gasteiger partial charge is 0.379 e. The Bertz CT molecular complexity index is 820. The van der Waals surface area contributed by atoms with Crippen LogP contribution in [0.4, 0.5) is 0 Å². The number of ether oxygens (including phenoxy) is 1. The summed E-state index contributed by atoms with van der Waals surface area (Å²) < 4.78 is 11.1. The molecule has 0 amide bonds. The van der Waals surface area contributed by atoms with Crippen molar-refractivity contribution in [1.29, 1.82) is 0 Å². The Balaban J connectivity index is 0.00000363. The third kappa shape index (κ3) is 7.60. The van der Waals surface area contributed by atoms with Gasteiger partial charge in [0.25, 0.3) is 0 Å². The zero-order chi connectivity index (χ0) is 22.1. The number of nitrogens with one attached hydrogen (secondary N) is 2. The van der Waals surface area contributed by atoms with Crippen LogP contribution in [0.3, 0.4) is 0 Å². The third-order valence-corrected chi connectivity index (χ3v) is 6.09. The SMILES string of the molecule is CCC(CC)c1cc(CNC(=NC)NCC(c2ccc(Cl)cc2)N2CCOCC2)on1.I. The molecule has 2 heterocycles. The fraction of sp³-hybridized carbons (Fsp3) is 0.565. The van der Waals surface area contributed by atoms with E-state index in [4.69, 9.17) is 20.9 Å². The van der Waals surface area contributed by atoms with Gasteiger partial charge >= 0.3 is 0 Å². The molecule has 32 heavy (non-hydrogen) atoms. The van der Waals surface area contributed by atoms with Gasteiger partial charge in [0.05, 0.1) is 31.5 Å². The van der Waals surface area contributed by atoms with Crippen molar-refractivity contribution in [3.05, 3.63) is 52.4 Å². The minimum absolute atomic E-state index is 0. The van der Waals surface area contributed by atoms with Gasteiger partial charge in [-0.1, -0.05) is 42.7 Å². The van der Waals surface area contributed by atoms with E-state index in [2.05, 4.69) is 51.7 Å². The molecule has 9 heteroatoms. The standard InChI is InChI=1S/C23H34ClN5O2.HI/c1-4-17(5-2)21-14-20(31-28-21)15-26-23(25-3)27-16-22(29-10-12-30-13-11-29)18-6-8-19(24)9-7-18;/h6-9,14,17,22H,4-5,10-13,15-16H2,1-3H3,(H2,25,26,27);1H. The lowest BCUT2D eigenvalue weighted by Crippen LogP contribution is -2.46. The first-order valence-electron chi connectivity index (χ1n) is 11.1. The van der Waals surface area contributed by atoms with Gasteiger partial charge in [-0.25, -0.2) is 0 Å². The van der Waals surface area contributed by atoms with Crippen molar-refractivity contribution in [3.8, 4) is 0 Å². The van der Waals surface area contributed by atoms with Gasteiger partial charge in [0, 0.05) is 43.7 Å². The summed E-state index contributed by atoms with van der Waals surface area (Å²) in [4.78, 5) is 6.81. The molecule has 1 unspecified atom stereocenters. The molecule has 0 radical (unpaired) electrons. The second-order valence-electron chi connectivity index (χ2n) is 7.75. The van der Waals surface area contributed by atoms with Crippen LogP contribution in [0.1, 0.15) is 55.7 Å². The minimum atomic E-state index is 0. The van der Waals surface area contributed by atoms with Crippen LogP contribution in [0, 0.1) is 0 Å². The van der Waals surface area contributed by atoms with Gasteiger partial charge in [0.1, 0.15) is 0 Å². The summed E-state index contributed by atoms with van der Waals surface area (Å²) in [5.74, 6) is 1.99. The van der Waals surface area contributed by atoms with E-state index in [1.165, 1.54) is 5.56 Å². The van der Waals surface area contributed by atoms with Crippen molar-refractivity contribution in [2.45, 2.75) is 45.2 Å². The first-order chi connectivity index (χ1) is 15.1. The van der Waals surface area contributed by atoms with Crippen molar-refractivity contribution >= 4 is 41.5 Å². The summed E-state index contributed by atoms with van der Waals surface area (Å²) >= 11 is 6.10. The molecule has 1 aromatic carbocycles. The monoisotopic (exact) mass is 575 g/mol. The van der Waals surface area contributed by atoms with Crippen LogP contribution in [-0.4, -0.2) is 55.9 Å². The predicted octanol–water partition coefficient (Wildman–Crippen LogP) is 4.59. The number of aliphatic imine (C=N–C) groups is 1. The summed E-state index contributed by atoms with van der Waals surface area (Å²) in [6.45, 7) is 8.92. The molecule has 3 rings (SSSR count). The van der Waals surface area contributed by atoms with Gasteiger partial charge in [-0.2, -0.15) is 0 Å². The third-order valence-electron chi connectivity index (χ3n) is 5.84. The normalized spacial score (nSPS) is 16.0. The Labute approximate surface area is 213 Å². The van der Waals surface area contributed by atoms with Gasteiger partial charge in [-0.15, -0.1) is 24.0 Å². The van der Waals surface area contributed by atoms with E-state index >= 15 is 0 Å². The molecule has 1 atom stereocenters. The number of nitrogens with zero attached hydrogens (tertiary/aromatic N) is 3. The van der Waals surface area contributed by atoms with Crippen LogP contribution in [-0.2, 0) is 11.3 Å². The maximum absolute atomic E-state index is 6.10. The van der Waals surface area contributed by atoms with Crippen molar-refractivity contribution in [2.75, 3.05) is 39.9 Å². The van der Waals surface area contributed by atoms with E-state index in [9.17, 15) is 0 Å². The van der Waals surface area contributed by atoms with Crippen LogP contribution in [0.2, 0.25) is 5.02 Å². The quantitative estimate of drug-likeness (QED) is 0.259. The number of hydrogen-bond acceptors (Lipinski definition) is 5. The van der Waals surface area contributed by atoms with Crippen LogP contribution in [0.5, 0.6) is 0 Å². The molecule has 178 valence electrons. The lowest BCUT2D eigenvalue weighted by atomic mass is 9.99. The predicted molar refractivity (Wildman–Crippen MR) is 140 cm³/mol. The van der Waals surface area contributed by atoms with E-state index < -0.39 is 0 Å². The first kappa shape index (κ1) is 26.9. The molecular weight excluding hydrogens is 541 g/mol. The molecule has 2 aromatic rings. The molecule has 2 N–H and O–H groups in total. The number of guanidine groups is 1. The maximum Gasteiger partial charge on any atom is 0.191 e. The lowest BCUT2D eigenvalue weighted by molar-refractivity contribution is 0.0170. The van der Waals surface area contributed by atoms with E-state index in [0.717, 1.165) is 68.1 Å². The second-order valence-corrected chi connectivity index (χ2v) is 8.19. The molecule has 0 spiro atoms. The minimum Gasteiger partial charge on any atom is -0.379 e. The first-order valence-corrected chi connectivity index (χ1v) is 11.5.